The molecule has 0 bridgehead atoms. The van der Waals surface area contributed by atoms with Gasteiger partial charge in [0, 0.05) is 0 Å². The monoisotopic (exact) mass is 260 g/mol. The van der Waals surface area contributed by atoms with Crippen LogP contribution in [0.1, 0.15) is 61.9 Å². The Balaban J connectivity index is 2.39. The fourth-order valence-corrected chi connectivity index (χ4v) is 1.85. The van der Waals surface area contributed by atoms with Gasteiger partial charge in [-0.2, -0.15) is 0 Å². The van der Waals surface area contributed by atoms with Gasteiger partial charge >= 0.3 is 5.97 Å². The molecule has 0 fully saturated rings. The summed E-state index contributed by atoms with van der Waals surface area (Å²) < 4.78 is 4.95. The zero-order chi connectivity index (χ0) is 13.9. The number of hydrogen-bond acceptors (Lipinski definition) is 2. The first-order chi connectivity index (χ1) is 9.27. The van der Waals surface area contributed by atoms with Crippen LogP contribution in [0.5, 0.6) is 0 Å². The number of benzene rings is 1. The molecule has 19 heavy (non-hydrogen) atoms. The maximum absolute atomic E-state index is 11.5. The third kappa shape index (κ3) is 6.23. The summed E-state index contributed by atoms with van der Waals surface area (Å²) in [5, 5.41) is 0. The van der Waals surface area contributed by atoms with Crippen LogP contribution in [-0.4, -0.2) is 12.6 Å². The van der Waals surface area contributed by atoms with Crippen molar-refractivity contribution >= 4 is 12.0 Å². The van der Waals surface area contributed by atoms with Gasteiger partial charge in [0.05, 0.1) is 12.2 Å². The Kier molecular flexibility index (Phi) is 7.64. The summed E-state index contributed by atoms with van der Waals surface area (Å²) in [6.45, 7) is 4.45. The fraction of sp³-hybridized carbons (Fsp3) is 0.471. The molecule has 0 N–H and O–H groups in total. The van der Waals surface area contributed by atoms with Crippen molar-refractivity contribution in [1.82, 2.24) is 0 Å². The van der Waals surface area contributed by atoms with Crippen molar-refractivity contribution in [3.63, 3.8) is 0 Å². The molecule has 0 saturated heterocycles. The Morgan fingerprint density at radius 2 is 1.84 bits per heavy atom. The molecule has 2 heteroatoms. The van der Waals surface area contributed by atoms with Gasteiger partial charge in [-0.15, -0.1) is 0 Å². The van der Waals surface area contributed by atoms with E-state index in [2.05, 4.69) is 19.1 Å². The van der Waals surface area contributed by atoms with E-state index in [0.29, 0.717) is 12.2 Å². The Morgan fingerprint density at radius 3 is 2.47 bits per heavy atom. The van der Waals surface area contributed by atoms with Crippen LogP contribution >= 0.6 is 0 Å². The second-order valence-electron chi connectivity index (χ2n) is 4.59. The van der Waals surface area contributed by atoms with Gasteiger partial charge < -0.3 is 4.74 Å². The molecule has 0 amide bonds. The van der Waals surface area contributed by atoms with E-state index < -0.39 is 0 Å². The van der Waals surface area contributed by atoms with Crippen molar-refractivity contribution in [2.45, 2.75) is 46.0 Å². The average Bonchev–Trinajstić information content (AvgIpc) is 2.43. The third-order valence-electron chi connectivity index (χ3n) is 2.96. The minimum absolute atomic E-state index is 0.252. The number of carbonyl (C=O) groups is 1. The quantitative estimate of drug-likeness (QED) is 0.493. The van der Waals surface area contributed by atoms with E-state index in [4.69, 9.17) is 4.74 Å². The van der Waals surface area contributed by atoms with Crippen molar-refractivity contribution in [2.75, 3.05) is 6.61 Å². The molecule has 1 aromatic rings. The van der Waals surface area contributed by atoms with Crippen molar-refractivity contribution in [3.8, 4) is 0 Å². The van der Waals surface area contributed by atoms with E-state index in [1.807, 2.05) is 31.2 Å². The topological polar surface area (TPSA) is 26.3 Å². The first kappa shape index (κ1) is 15.5. The van der Waals surface area contributed by atoms with Gasteiger partial charge in [0.15, 0.2) is 0 Å². The van der Waals surface area contributed by atoms with E-state index in [0.717, 1.165) is 12.0 Å². The zero-order valence-corrected chi connectivity index (χ0v) is 12.0. The van der Waals surface area contributed by atoms with Crippen molar-refractivity contribution < 1.29 is 9.53 Å². The molecule has 0 aliphatic rings. The van der Waals surface area contributed by atoms with Crippen LogP contribution < -0.4 is 0 Å². The number of allylic oxidation sites excluding steroid dienone is 1. The molecule has 0 spiro atoms. The van der Waals surface area contributed by atoms with Gasteiger partial charge in [-0.3, -0.25) is 0 Å². The summed E-state index contributed by atoms with van der Waals surface area (Å²) in [5.41, 5.74) is 1.74. The fourth-order valence-electron chi connectivity index (χ4n) is 1.85. The lowest BCUT2D eigenvalue weighted by Crippen LogP contribution is -2.03. The van der Waals surface area contributed by atoms with Crippen LogP contribution in [-0.2, 0) is 4.74 Å². The molecular weight excluding hydrogens is 236 g/mol. The van der Waals surface area contributed by atoms with Crippen molar-refractivity contribution in [3.05, 3.63) is 41.5 Å². The van der Waals surface area contributed by atoms with Gasteiger partial charge in [0.25, 0.3) is 0 Å². The first-order valence-electron chi connectivity index (χ1n) is 7.21. The lowest BCUT2D eigenvalue weighted by molar-refractivity contribution is 0.0526. The third-order valence-corrected chi connectivity index (χ3v) is 2.96. The number of hydrogen-bond donors (Lipinski definition) is 0. The van der Waals surface area contributed by atoms with E-state index in [1.54, 1.807) is 0 Å². The van der Waals surface area contributed by atoms with Crippen LogP contribution in [0.15, 0.2) is 30.3 Å². The maximum Gasteiger partial charge on any atom is 0.338 e. The van der Waals surface area contributed by atoms with E-state index in [9.17, 15) is 4.79 Å². The van der Waals surface area contributed by atoms with Crippen LogP contribution in [0, 0.1) is 0 Å². The first-order valence-corrected chi connectivity index (χ1v) is 7.21. The largest absolute Gasteiger partial charge is 0.462 e. The predicted molar refractivity (Wildman–Crippen MR) is 80.2 cm³/mol. The van der Waals surface area contributed by atoms with E-state index >= 15 is 0 Å². The molecule has 0 heterocycles. The minimum Gasteiger partial charge on any atom is -0.462 e. The van der Waals surface area contributed by atoms with E-state index in [-0.39, 0.29) is 5.97 Å². The second kappa shape index (κ2) is 9.37. The number of esters is 1. The molecule has 0 radical (unpaired) electrons. The molecular formula is C17H24O2. The molecule has 0 aliphatic heterocycles. The molecule has 0 saturated carbocycles. The summed E-state index contributed by atoms with van der Waals surface area (Å²) in [6, 6.07) is 7.53. The Hall–Kier alpha value is -1.57. The zero-order valence-electron chi connectivity index (χ0n) is 12.0. The number of carbonyl (C=O) groups excluding carboxylic acids is 1. The summed E-state index contributed by atoms with van der Waals surface area (Å²) in [5.74, 6) is -0.252. The minimum atomic E-state index is -0.252. The maximum atomic E-state index is 11.5. The molecule has 1 aromatic carbocycles. The van der Waals surface area contributed by atoms with Gasteiger partial charge in [0.2, 0.25) is 0 Å². The predicted octanol–water partition coefficient (Wildman–Crippen LogP) is 4.85. The average molecular weight is 260 g/mol. The van der Waals surface area contributed by atoms with E-state index in [1.165, 1.54) is 25.7 Å². The van der Waals surface area contributed by atoms with Gasteiger partial charge in [0.1, 0.15) is 0 Å². The van der Waals surface area contributed by atoms with Crippen molar-refractivity contribution in [2.24, 2.45) is 0 Å². The highest BCUT2D eigenvalue weighted by Gasteiger charge is 2.04. The summed E-state index contributed by atoms with van der Waals surface area (Å²) in [7, 11) is 0. The summed E-state index contributed by atoms with van der Waals surface area (Å²) in [6.07, 6.45) is 10.6. The lowest BCUT2D eigenvalue weighted by Gasteiger charge is -2.01. The van der Waals surface area contributed by atoms with Crippen LogP contribution in [0.25, 0.3) is 6.08 Å². The lowest BCUT2D eigenvalue weighted by atomic mass is 10.1. The Morgan fingerprint density at radius 1 is 1.11 bits per heavy atom. The molecule has 0 aliphatic carbocycles. The van der Waals surface area contributed by atoms with Crippen molar-refractivity contribution in [1.29, 1.82) is 0 Å². The number of rotatable bonds is 8. The molecule has 0 unspecified atom stereocenters. The highest BCUT2D eigenvalue weighted by molar-refractivity contribution is 5.89. The van der Waals surface area contributed by atoms with Gasteiger partial charge in [-0.25, -0.2) is 4.79 Å². The number of ether oxygens (including phenoxy) is 1. The Labute approximate surface area is 116 Å². The normalized spacial score (nSPS) is 10.8. The molecule has 0 aromatic heterocycles. The van der Waals surface area contributed by atoms with Gasteiger partial charge in [-0.05, 0) is 37.5 Å². The molecule has 0 atom stereocenters. The molecule has 1 rings (SSSR count). The molecule has 2 nitrogen and oxygen atoms in total. The SMILES string of the molecule is CCCCCC/C=C/c1ccc(C(=O)OCC)cc1. The Bertz CT molecular complexity index is 390. The standard InChI is InChI=1S/C17H24O2/c1-3-5-6-7-8-9-10-15-11-13-16(14-12-15)17(18)19-4-2/h9-14H,3-8H2,1-2H3/b10-9+. The van der Waals surface area contributed by atoms with Gasteiger partial charge in [-0.1, -0.05) is 50.5 Å². The highest BCUT2D eigenvalue weighted by atomic mass is 16.5. The number of unbranched alkanes of at least 4 members (excludes halogenated alkanes) is 4. The second-order valence-corrected chi connectivity index (χ2v) is 4.59. The summed E-state index contributed by atoms with van der Waals surface area (Å²) >= 11 is 0. The summed E-state index contributed by atoms with van der Waals surface area (Å²) in [4.78, 5) is 11.5. The van der Waals surface area contributed by atoms with Crippen LogP contribution in [0.3, 0.4) is 0 Å². The highest BCUT2D eigenvalue weighted by Crippen LogP contribution is 2.09. The van der Waals surface area contributed by atoms with Crippen LogP contribution in [0.4, 0.5) is 0 Å². The smallest absolute Gasteiger partial charge is 0.338 e. The van der Waals surface area contributed by atoms with Crippen LogP contribution in [0.2, 0.25) is 0 Å². The molecule has 104 valence electrons.